The Labute approximate surface area is 125 Å². The number of allylic oxidation sites excluding steroid dienone is 2. The van der Waals surface area contributed by atoms with Gasteiger partial charge in [-0.15, -0.1) is 13.2 Å². The number of ketones is 1. The maximum atomic E-state index is 10.9. The zero-order valence-corrected chi connectivity index (χ0v) is 13.9. The van der Waals surface area contributed by atoms with Crippen molar-refractivity contribution in [3.05, 3.63) is 25.3 Å². The van der Waals surface area contributed by atoms with Crippen molar-refractivity contribution in [1.82, 2.24) is 0 Å². The van der Waals surface area contributed by atoms with Crippen LogP contribution in [0.4, 0.5) is 0 Å². The third-order valence-electron chi connectivity index (χ3n) is 2.02. The minimum atomic E-state index is -0.176. The van der Waals surface area contributed by atoms with Gasteiger partial charge in [-0.1, -0.05) is 46.3 Å². The van der Waals surface area contributed by atoms with Gasteiger partial charge in [-0.2, -0.15) is 0 Å². The highest BCUT2D eigenvalue weighted by Gasteiger charge is 2.03. The highest BCUT2D eigenvalue weighted by atomic mass is 16.5. The molecule has 0 aromatic carbocycles. The first kappa shape index (κ1) is 23.7. The van der Waals surface area contributed by atoms with Crippen molar-refractivity contribution in [1.29, 1.82) is 0 Å². The standard InChI is InChI=1S/C8H14O.C6H10O2.C3H8/c1-4-5-6-8(9)7(2)3;1-3-4-5-6(7)8-2;1-3-2/h4,7H,1,5-6H2,2-3H3;3H,1,4-5H2,2H3;3H2,1-2H3. The van der Waals surface area contributed by atoms with E-state index < -0.39 is 0 Å². The second kappa shape index (κ2) is 19.9. The Bertz CT molecular complexity index is 255. The second-order valence-electron chi connectivity index (χ2n) is 4.56. The van der Waals surface area contributed by atoms with Crippen molar-refractivity contribution >= 4 is 11.8 Å². The van der Waals surface area contributed by atoms with E-state index in [0.717, 1.165) is 6.42 Å². The minimum absolute atomic E-state index is 0.176. The lowest BCUT2D eigenvalue weighted by Crippen LogP contribution is -2.05. The third-order valence-corrected chi connectivity index (χ3v) is 2.02. The molecular formula is C17H32O3. The second-order valence-corrected chi connectivity index (χ2v) is 4.56. The smallest absolute Gasteiger partial charge is 0.305 e. The molecule has 0 saturated carbocycles. The molecule has 20 heavy (non-hydrogen) atoms. The lowest BCUT2D eigenvalue weighted by atomic mass is 10.1. The van der Waals surface area contributed by atoms with Crippen molar-refractivity contribution < 1.29 is 14.3 Å². The maximum Gasteiger partial charge on any atom is 0.305 e. The predicted octanol–water partition coefficient (Wildman–Crippen LogP) is 4.72. The molecule has 0 aromatic rings. The van der Waals surface area contributed by atoms with Gasteiger partial charge in [0.15, 0.2) is 0 Å². The Morgan fingerprint density at radius 2 is 1.45 bits per heavy atom. The van der Waals surface area contributed by atoms with Crippen molar-refractivity contribution in [2.45, 2.75) is 59.8 Å². The molecule has 0 spiro atoms. The van der Waals surface area contributed by atoms with Crippen LogP contribution in [0.25, 0.3) is 0 Å². The highest BCUT2D eigenvalue weighted by molar-refractivity contribution is 5.80. The van der Waals surface area contributed by atoms with Crippen LogP contribution in [0, 0.1) is 5.92 Å². The molecule has 118 valence electrons. The summed E-state index contributed by atoms with van der Waals surface area (Å²) in [6.45, 7) is 15.1. The molecule has 0 radical (unpaired) electrons. The first-order valence-corrected chi connectivity index (χ1v) is 7.22. The number of hydrogen-bond donors (Lipinski definition) is 0. The minimum Gasteiger partial charge on any atom is -0.469 e. The third kappa shape index (κ3) is 25.5. The monoisotopic (exact) mass is 284 g/mol. The molecule has 0 heterocycles. The van der Waals surface area contributed by atoms with E-state index in [9.17, 15) is 9.59 Å². The number of methoxy groups -OCH3 is 1. The van der Waals surface area contributed by atoms with Crippen molar-refractivity contribution in [3.63, 3.8) is 0 Å². The molecule has 0 aliphatic carbocycles. The van der Waals surface area contributed by atoms with Crippen LogP contribution in [0.15, 0.2) is 25.3 Å². The summed E-state index contributed by atoms with van der Waals surface area (Å²) in [4.78, 5) is 21.2. The van der Waals surface area contributed by atoms with E-state index in [-0.39, 0.29) is 11.9 Å². The molecule has 0 atom stereocenters. The molecule has 0 aliphatic heterocycles. The van der Waals surface area contributed by atoms with E-state index >= 15 is 0 Å². The van der Waals surface area contributed by atoms with Gasteiger partial charge in [0.1, 0.15) is 5.78 Å². The van der Waals surface area contributed by atoms with Crippen LogP contribution in [0.3, 0.4) is 0 Å². The molecule has 3 nitrogen and oxygen atoms in total. The summed E-state index contributed by atoms with van der Waals surface area (Å²) in [5.74, 6) is 0.338. The van der Waals surface area contributed by atoms with Gasteiger partial charge >= 0.3 is 5.97 Å². The first-order chi connectivity index (χ1) is 9.40. The zero-order valence-electron chi connectivity index (χ0n) is 13.9. The van der Waals surface area contributed by atoms with Crippen LogP contribution >= 0.6 is 0 Å². The molecule has 0 N–H and O–H groups in total. The number of carbonyl (C=O) groups excluding carboxylic acids is 2. The molecule has 0 aromatic heterocycles. The largest absolute Gasteiger partial charge is 0.469 e. The normalized spacial score (nSPS) is 8.50. The Morgan fingerprint density at radius 3 is 1.75 bits per heavy atom. The SMILES string of the molecule is C=CCCC(=O)C(C)C.C=CCCC(=O)OC.CCC. The van der Waals surface area contributed by atoms with E-state index in [0.29, 0.717) is 25.0 Å². The number of carbonyl (C=O) groups is 2. The molecule has 0 unspecified atom stereocenters. The molecule has 3 heteroatoms. The lowest BCUT2D eigenvalue weighted by Gasteiger charge is -1.99. The lowest BCUT2D eigenvalue weighted by molar-refractivity contribution is -0.140. The summed E-state index contributed by atoms with van der Waals surface area (Å²) in [6, 6.07) is 0. The fourth-order valence-electron chi connectivity index (χ4n) is 0.855. The van der Waals surface area contributed by atoms with E-state index in [1.165, 1.54) is 13.5 Å². The molecule has 0 saturated heterocycles. The van der Waals surface area contributed by atoms with Gasteiger partial charge in [0.25, 0.3) is 0 Å². The van der Waals surface area contributed by atoms with Crippen molar-refractivity contribution in [2.24, 2.45) is 5.92 Å². The Hall–Kier alpha value is -1.38. The molecule has 0 fully saturated rings. The Kier molecular flexibility index (Phi) is 23.6. The molecule has 0 aliphatic rings. The summed E-state index contributed by atoms with van der Waals surface area (Å²) in [6.07, 6.45) is 7.34. The highest BCUT2D eigenvalue weighted by Crippen LogP contribution is 2.01. The maximum absolute atomic E-state index is 10.9. The van der Waals surface area contributed by atoms with Crippen molar-refractivity contribution in [2.75, 3.05) is 7.11 Å². The number of esters is 1. The number of Topliss-reactive ketones (excluding diaryl/α,β-unsaturated/α-hetero) is 1. The summed E-state index contributed by atoms with van der Waals surface area (Å²) < 4.78 is 4.37. The molecule has 0 bridgehead atoms. The van der Waals surface area contributed by atoms with Crippen molar-refractivity contribution in [3.8, 4) is 0 Å². The van der Waals surface area contributed by atoms with E-state index in [2.05, 4.69) is 31.7 Å². The molecule has 0 rings (SSSR count). The average molecular weight is 284 g/mol. The topological polar surface area (TPSA) is 43.4 Å². The summed E-state index contributed by atoms with van der Waals surface area (Å²) in [7, 11) is 1.38. The molecular weight excluding hydrogens is 252 g/mol. The summed E-state index contributed by atoms with van der Waals surface area (Å²) in [5.41, 5.74) is 0. The van der Waals surface area contributed by atoms with Crippen LogP contribution in [0.5, 0.6) is 0 Å². The van der Waals surface area contributed by atoms with Crippen LogP contribution in [0.1, 0.15) is 59.8 Å². The Balaban J connectivity index is -0.000000243. The average Bonchev–Trinajstić information content (AvgIpc) is 2.43. The van der Waals surface area contributed by atoms with Crippen LogP contribution in [0.2, 0.25) is 0 Å². The molecule has 0 amide bonds. The number of hydrogen-bond acceptors (Lipinski definition) is 3. The van der Waals surface area contributed by atoms with Gasteiger partial charge in [-0.05, 0) is 12.8 Å². The fraction of sp³-hybridized carbons (Fsp3) is 0.647. The van der Waals surface area contributed by atoms with E-state index in [1.807, 2.05) is 13.8 Å². The van der Waals surface area contributed by atoms with Crippen LogP contribution < -0.4 is 0 Å². The van der Waals surface area contributed by atoms with Gasteiger partial charge in [-0.25, -0.2) is 0 Å². The van der Waals surface area contributed by atoms with Crippen LogP contribution in [-0.2, 0) is 14.3 Å². The van der Waals surface area contributed by atoms with Gasteiger partial charge in [0.2, 0.25) is 0 Å². The summed E-state index contributed by atoms with van der Waals surface area (Å²) >= 11 is 0. The fourth-order valence-corrected chi connectivity index (χ4v) is 0.855. The van der Waals surface area contributed by atoms with E-state index in [4.69, 9.17) is 0 Å². The van der Waals surface area contributed by atoms with Gasteiger partial charge in [-0.3, -0.25) is 9.59 Å². The quantitative estimate of drug-likeness (QED) is 0.502. The van der Waals surface area contributed by atoms with Gasteiger partial charge < -0.3 is 4.74 Å². The number of rotatable bonds is 7. The Morgan fingerprint density at radius 1 is 1.05 bits per heavy atom. The van der Waals surface area contributed by atoms with Gasteiger partial charge in [0, 0.05) is 18.8 Å². The predicted molar refractivity (Wildman–Crippen MR) is 86.7 cm³/mol. The summed E-state index contributed by atoms with van der Waals surface area (Å²) in [5, 5.41) is 0. The number of ether oxygens (including phenoxy) is 1. The first-order valence-electron chi connectivity index (χ1n) is 7.22. The zero-order chi connectivity index (χ0) is 16.4. The van der Waals surface area contributed by atoms with E-state index in [1.54, 1.807) is 12.2 Å². The van der Waals surface area contributed by atoms with Crippen LogP contribution in [-0.4, -0.2) is 18.9 Å². The van der Waals surface area contributed by atoms with Gasteiger partial charge in [0.05, 0.1) is 7.11 Å².